The molecule has 85 valence electrons. The average Bonchev–Trinajstić information content (AvgIpc) is 2.38. The molecular formula is C13H9FNO2. The minimum atomic E-state index is -0.565. The highest BCUT2D eigenvalue weighted by molar-refractivity contribution is 5.89. The van der Waals surface area contributed by atoms with Crippen LogP contribution in [0.3, 0.4) is 0 Å². The number of hydrogen-bond donors (Lipinski definition) is 0. The van der Waals surface area contributed by atoms with Crippen molar-refractivity contribution in [2.45, 2.75) is 0 Å². The normalized spacial score (nSPS) is 10.0. The maximum Gasteiger partial charge on any atom is 0.337 e. The Hall–Kier alpha value is -2.23. The molecule has 2 rings (SSSR count). The molecule has 1 radical (unpaired) electrons. The number of methoxy groups -OCH3 is 1. The van der Waals surface area contributed by atoms with Gasteiger partial charge in [0, 0.05) is 17.8 Å². The largest absolute Gasteiger partial charge is 0.465 e. The van der Waals surface area contributed by atoms with Crippen LogP contribution in [0.1, 0.15) is 10.4 Å². The summed E-state index contributed by atoms with van der Waals surface area (Å²) in [5.74, 6) is -1.07. The third kappa shape index (κ3) is 2.30. The molecule has 0 aliphatic rings. The summed E-state index contributed by atoms with van der Waals surface area (Å²) < 4.78 is 18.3. The SMILES string of the molecule is COC(=O)c1ccc(-c2cc[c]cn2)c(F)c1. The first-order chi connectivity index (χ1) is 8.22. The van der Waals surface area contributed by atoms with Crippen LogP contribution in [0.15, 0.2) is 36.5 Å². The van der Waals surface area contributed by atoms with Crippen LogP contribution < -0.4 is 0 Å². The first-order valence-electron chi connectivity index (χ1n) is 4.92. The third-order valence-corrected chi connectivity index (χ3v) is 2.28. The number of benzene rings is 1. The van der Waals surface area contributed by atoms with Crippen molar-refractivity contribution in [2.75, 3.05) is 7.11 Å². The number of esters is 1. The quantitative estimate of drug-likeness (QED) is 0.744. The number of ether oxygens (including phenoxy) is 1. The molecular weight excluding hydrogens is 221 g/mol. The van der Waals surface area contributed by atoms with Crippen molar-refractivity contribution in [3.63, 3.8) is 0 Å². The Morgan fingerprint density at radius 1 is 1.41 bits per heavy atom. The number of halogens is 1. The zero-order chi connectivity index (χ0) is 12.3. The van der Waals surface area contributed by atoms with Gasteiger partial charge in [-0.2, -0.15) is 0 Å². The highest BCUT2D eigenvalue weighted by Crippen LogP contribution is 2.21. The maximum atomic E-state index is 13.8. The van der Waals surface area contributed by atoms with Gasteiger partial charge in [-0.3, -0.25) is 4.98 Å². The van der Waals surface area contributed by atoms with Gasteiger partial charge in [-0.1, -0.05) is 6.07 Å². The van der Waals surface area contributed by atoms with E-state index in [4.69, 9.17) is 0 Å². The Kier molecular flexibility index (Phi) is 3.14. The van der Waals surface area contributed by atoms with Crippen molar-refractivity contribution in [3.05, 3.63) is 54.0 Å². The summed E-state index contributed by atoms with van der Waals surface area (Å²) in [4.78, 5) is 15.2. The molecule has 1 heterocycles. The predicted molar refractivity (Wildman–Crippen MR) is 59.8 cm³/mol. The van der Waals surface area contributed by atoms with Gasteiger partial charge in [0.2, 0.25) is 0 Å². The maximum absolute atomic E-state index is 13.8. The minimum Gasteiger partial charge on any atom is -0.465 e. The molecule has 2 aromatic rings. The van der Waals surface area contributed by atoms with Crippen LogP contribution in [-0.4, -0.2) is 18.1 Å². The summed E-state index contributed by atoms with van der Waals surface area (Å²) in [6.45, 7) is 0. The van der Waals surface area contributed by atoms with Gasteiger partial charge in [0.05, 0.1) is 18.4 Å². The Labute approximate surface area is 97.9 Å². The van der Waals surface area contributed by atoms with E-state index in [1.54, 1.807) is 12.1 Å². The number of carbonyl (C=O) groups is 1. The fourth-order valence-electron chi connectivity index (χ4n) is 1.45. The predicted octanol–water partition coefficient (Wildman–Crippen LogP) is 2.47. The summed E-state index contributed by atoms with van der Waals surface area (Å²) >= 11 is 0. The van der Waals surface area contributed by atoms with Gasteiger partial charge < -0.3 is 4.74 Å². The minimum absolute atomic E-state index is 0.177. The zero-order valence-corrected chi connectivity index (χ0v) is 9.11. The van der Waals surface area contributed by atoms with Crippen molar-refractivity contribution in [1.82, 2.24) is 4.98 Å². The van der Waals surface area contributed by atoms with Crippen LogP contribution in [0.4, 0.5) is 4.39 Å². The second-order valence-electron chi connectivity index (χ2n) is 3.33. The average molecular weight is 230 g/mol. The third-order valence-electron chi connectivity index (χ3n) is 2.28. The molecule has 0 atom stereocenters. The second-order valence-corrected chi connectivity index (χ2v) is 3.33. The zero-order valence-electron chi connectivity index (χ0n) is 9.11. The molecule has 0 bridgehead atoms. The van der Waals surface area contributed by atoms with E-state index in [2.05, 4.69) is 15.8 Å². The molecule has 0 fully saturated rings. The molecule has 0 aliphatic heterocycles. The van der Waals surface area contributed by atoms with Gasteiger partial charge in [0.1, 0.15) is 5.82 Å². The van der Waals surface area contributed by atoms with Crippen LogP contribution in [0, 0.1) is 11.9 Å². The van der Waals surface area contributed by atoms with Crippen molar-refractivity contribution in [3.8, 4) is 11.3 Å². The summed E-state index contributed by atoms with van der Waals surface area (Å²) in [5, 5.41) is 0. The number of aromatic nitrogens is 1. The molecule has 0 saturated carbocycles. The Bertz CT molecular complexity index is 540. The van der Waals surface area contributed by atoms with Crippen LogP contribution in [0.25, 0.3) is 11.3 Å². The van der Waals surface area contributed by atoms with E-state index >= 15 is 0 Å². The first-order valence-corrected chi connectivity index (χ1v) is 4.92. The van der Waals surface area contributed by atoms with Crippen molar-refractivity contribution in [1.29, 1.82) is 0 Å². The summed E-state index contributed by atoms with van der Waals surface area (Å²) in [5.41, 5.74) is 1.01. The molecule has 17 heavy (non-hydrogen) atoms. The lowest BCUT2D eigenvalue weighted by molar-refractivity contribution is 0.0600. The van der Waals surface area contributed by atoms with Gasteiger partial charge in [-0.15, -0.1) is 0 Å². The molecule has 0 unspecified atom stereocenters. The number of nitrogens with zero attached hydrogens (tertiary/aromatic N) is 1. The fourth-order valence-corrected chi connectivity index (χ4v) is 1.45. The molecule has 0 saturated heterocycles. The second kappa shape index (κ2) is 4.74. The summed E-state index contributed by atoms with van der Waals surface area (Å²) in [7, 11) is 1.25. The standard InChI is InChI=1S/C13H9FNO2/c1-17-13(16)9-5-6-10(11(14)8-9)12-4-2-3-7-15-12/h2,4-8H,1H3. The molecule has 0 aliphatic carbocycles. The number of carbonyl (C=O) groups excluding carboxylic acids is 1. The van der Waals surface area contributed by atoms with Gasteiger partial charge in [0.15, 0.2) is 0 Å². The number of pyridine rings is 1. The molecule has 3 nitrogen and oxygen atoms in total. The summed E-state index contributed by atoms with van der Waals surface area (Å²) in [6, 6.07) is 10.2. The summed E-state index contributed by atoms with van der Waals surface area (Å²) in [6.07, 6.45) is 1.46. The van der Waals surface area contributed by atoms with E-state index < -0.39 is 11.8 Å². The first kappa shape index (κ1) is 11.3. The monoisotopic (exact) mass is 230 g/mol. The van der Waals surface area contributed by atoms with E-state index in [1.165, 1.54) is 25.4 Å². The van der Waals surface area contributed by atoms with Crippen molar-refractivity contribution >= 4 is 5.97 Å². The Morgan fingerprint density at radius 2 is 2.24 bits per heavy atom. The van der Waals surface area contributed by atoms with Crippen LogP contribution >= 0.6 is 0 Å². The lowest BCUT2D eigenvalue weighted by Crippen LogP contribution is -2.02. The lowest BCUT2D eigenvalue weighted by atomic mass is 10.1. The van der Waals surface area contributed by atoms with Crippen molar-refractivity contribution < 1.29 is 13.9 Å². The Balaban J connectivity index is 2.42. The highest BCUT2D eigenvalue weighted by atomic mass is 19.1. The lowest BCUT2D eigenvalue weighted by Gasteiger charge is -2.04. The molecule has 1 aromatic heterocycles. The molecule has 0 spiro atoms. The van der Waals surface area contributed by atoms with E-state index in [0.717, 1.165) is 6.07 Å². The van der Waals surface area contributed by atoms with E-state index in [1.807, 2.05) is 0 Å². The van der Waals surface area contributed by atoms with Gasteiger partial charge in [0.25, 0.3) is 0 Å². The van der Waals surface area contributed by atoms with E-state index in [0.29, 0.717) is 11.3 Å². The fraction of sp³-hybridized carbons (Fsp3) is 0.0769. The van der Waals surface area contributed by atoms with Gasteiger partial charge >= 0.3 is 5.97 Å². The van der Waals surface area contributed by atoms with Gasteiger partial charge in [-0.05, 0) is 24.3 Å². The van der Waals surface area contributed by atoms with E-state index in [-0.39, 0.29) is 5.56 Å². The van der Waals surface area contributed by atoms with Gasteiger partial charge in [-0.25, -0.2) is 9.18 Å². The Morgan fingerprint density at radius 3 is 2.82 bits per heavy atom. The molecule has 4 heteroatoms. The molecule has 0 amide bonds. The van der Waals surface area contributed by atoms with Crippen LogP contribution in [-0.2, 0) is 4.74 Å². The van der Waals surface area contributed by atoms with Crippen LogP contribution in [0.2, 0.25) is 0 Å². The van der Waals surface area contributed by atoms with Crippen molar-refractivity contribution in [2.24, 2.45) is 0 Å². The number of hydrogen-bond acceptors (Lipinski definition) is 3. The topological polar surface area (TPSA) is 39.2 Å². The molecule has 1 aromatic carbocycles. The number of rotatable bonds is 2. The van der Waals surface area contributed by atoms with E-state index in [9.17, 15) is 9.18 Å². The highest BCUT2D eigenvalue weighted by Gasteiger charge is 2.11. The molecule has 0 N–H and O–H groups in total. The van der Waals surface area contributed by atoms with Crippen LogP contribution in [0.5, 0.6) is 0 Å². The smallest absolute Gasteiger partial charge is 0.337 e.